The van der Waals surface area contributed by atoms with Gasteiger partial charge in [-0.25, -0.2) is 0 Å². The van der Waals surface area contributed by atoms with E-state index in [0.29, 0.717) is 5.92 Å². The Kier molecular flexibility index (Phi) is 4.80. The second kappa shape index (κ2) is 6.58. The topological polar surface area (TPSA) is 21.3 Å². The van der Waals surface area contributed by atoms with Crippen LogP contribution in [0.3, 0.4) is 0 Å². The monoisotopic (exact) mass is 269 g/mol. The van der Waals surface area contributed by atoms with E-state index in [1.54, 1.807) is 0 Å². The van der Waals surface area contributed by atoms with Crippen LogP contribution in [0.4, 0.5) is 0 Å². The Balaban J connectivity index is 2.37. The molecule has 2 heteroatoms. The fraction of sp³-hybridized carbons (Fsp3) is 0.333. The summed E-state index contributed by atoms with van der Waals surface area (Å²) < 4.78 is 6.20. The zero-order valence-corrected chi connectivity index (χ0v) is 12.7. The fourth-order valence-electron chi connectivity index (χ4n) is 2.27. The van der Waals surface area contributed by atoms with Crippen LogP contribution in [0.1, 0.15) is 36.5 Å². The number of para-hydroxylation sites is 1. The maximum atomic E-state index is 6.20. The third-order valence-electron chi connectivity index (χ3n) is 3.35. The molecule has 0 saturated carbocycles. The highest BCUT2D eigenvalue weighted by atomic mass is 16.5. The van der Waals surface area contributed by atoms with Crippen LogP contribution in [0.2, 0.25) is 0 Å². The predicted octanol–water partition coefficient (Wildman–Crippen LogP) is 4.63. The third kappa shape index (κ3) is 3.40. The molecule has 2 aromatic carbocycles. The van der Waals surface area contributed by atoms with Gasteiger partial charge in [0.2, 0.25) is 0 Å². The lowest BCUT2D eigenvalue weighted by Gasteiger charge is -2.16. The first-order valence-corrected chi connectivity index (χ1v) is 7.12. The number of nitrogens with one attached hydrogen (secondary N) is 1. The molecule has 0 aliphatic carbocycles. The van der Waals surface area contributed by atoms with Crippen LogP contribution >= 0.6 is 0 Å². The molecule has 2 aromatic rings. The van der Waals surface area contributed by atoms with E-state index >= 15 is 0 Å². The van der Waals surface area contributed by atoms with Gasteiger partial charge in [-0.2, -0.15) is 0 Å². The van der Waals surface area contributed by atoms with E-state index in [2.05, 4.69) is 50.4 Å². The van der Waals surface area contributed by atoms with Crippen molar-refractivity contribution in [2.24, 2.45) is 0 Å². The van der Waals surface area contributed by atoms with Crippen LogP contribution in [0.5, 0.6) is 11.5 Å². The van der Waals surface area contributed by atoms with Crippen molar-refractivity contribution < 1.29 is 4.74 Å². The highest BCUT2D eigenvalue weighted by Gasteiger charge is 2.11. The van der Waals surface area contributed by atoms with Crippen molar-refractivity contribution in [1.29, 1.82) is 0 Å². The van der Waals surface area contributed by atoms with Crippen LogP contribution in [0.25, 0.3) is 0 Å². The number of benzene rings is 2. The number of ether oxygens (including phenoxy) is 1. The van der Waals surface area contributed by atoms with Crippen molar-refractivity contribution >= 4 is 0 Å². The second-order valence-corrected chi connectivity index (χ2v) is 5.44. The standard InChI is InChI=1S/C18H23NO/c1-13(2)16-10-9-14(3)11-18(16)20-17-8-6-5-7-15(17)12-19-4/h5-11,13,19H,12H2,1-4H3. The molecule has 2 nitrogen and oxygen atoms in total. The Morgan fingerprint density at radius 1 is 1.05 bits per heavy atom. The summed E-state index contributed by atoms with van der Waals surface area (Å²) in [6, 6.07) is 14.6. The summed E-state index contributed by atoms with van der Waals surface area (Å²) in [5.41, 5.74) is 3.64. The van der Waals surface area contributed by atoms with Crippen molar-refractivity contribution in [2.45, 2.75) is 33.2 Å². The third-order valence-corrected chi connectivity index (χ3v) is 3.35. The number of rotatable bonds is 5. The van der Waals surface area contributed by atoms with E-state index in [1.165, 1.54) is 16.7 Å². The maximum absolute atomic E-state index is 6.20. The van der Waals surface area contributed by atoms with E-state index in [9.17, 15) is 0 Å². The first-order chi connectivity index (χ1) is 9.61. The zero-order valence-electron chi connectivity index (χ0n) is 12.7. The molecular weight excluding hydrogens is 246 g/mol. The predicted molar refractivity (Wildman–Crippen MR) is 84.5 cm³/mol. The van der Waals surface area contributed by atoms with Crippen LogP contribution in [0.15, 0.2) is 42.5 Å². The van der Waals surface area contributed by atoms with E-state index < -0.39 is 0 Å². The summed E-state index contributed by atoms with van der Waals surface area (Å²) in [7, 11) is 1.95. The Labute approximate surface area is 121 Å². The number of aryl methyl sites for hydroxylation is 1. The van der Waals surface area contributed by atoms with Gasteiger partial charge in [0.25, 0.3) is 0 Å². The summed E-state index contributed by atoms with van der Waals surface area (Å²) in [4.78, 5) is 0. The van der Waals surface area contributed by atoms with Crippen molar-refractivity contribution in [3.63, 3.8) is 0 Å². The molecule has 0 saturated heterocycles. The van der Waals surface area contributed by atoms with Crippen LogP contribution in [0, 0.1) is 6.92 Å². The molecule has 0 bridgehead atoms. The summed E-state index contributed by atoms with van der Waals surface area (Å²) >= 11 is 0. The Morgan fingerprint density at radius 3 is 2.50 bits per heavy atom. The molecule has 0 aromatic heterocycles. The molecule has 0 radical (unpaired) electrons. The smallest absolute Gasteiger partial charge is 0.131 e. The lowest BCUT2D eigenvalue weighted by Crippen LogP contribution is -2.06. The first-order valence-electron chi connectivity index (χ1n) is 7.12. The normalized spacial score (nSPS) is 10.8. The van der Waals surface area contributed by atoms with Crippen molar-refractivity contribution in [3.05, 3.63) is 59.2 Å². The molecule has 106 valence electrons. The average molecular weight is 269 g/mol. The molecule has 0 aliphatic heterocycles. The van der Waals surface area contributed by atoms with Gasteiger partial charge in [0.05, 0.1) is 0 Å². The Morgan fingerprint density at radius 2 is 1.80 bits per heavy atom. The summed E-state index contributed by atoms with van der Waals surface area (Å²) in [6.45, 7) is 7.28. The van der Waals surface area contributed by atoms with Gasteiger partial charge >= 0.3 is 0 Å². The summed E-state index contributed by atoms with van der Waals surface area (Å²) in [5, 5.41) is 3.18. The SMILES string of the molecule is CNCc1ccccc1Oc1cc(C)ccc1C(C)C. The fourth-order valence-corrected chi connectivity index (χ4v) is 2.27. The highest BCUT2D eigenvalue weighted by Crippen LogP contribution is 2.32. The Hall–Kier alpha value is -1.80. The van der Waals surface area contributed by atoms with Crippen LogP contribution in [-0.4, -0.2) is 7.05 Å². The number of hydrogen-bond acceptors (Lipinski definition) is 2. The molecule has 1 N–H and O–H groups in total. The van der Waals surface area contributed by atoms with Crippen molar-refractivity contribution in [3.8, 4) is 11.5 Å². The molecule has 0 unspecified atom stereocenters. The average Bonchev–Trinajstić information content (AvgIpc) is 2.41. The maximum Gasteiger partial charge on any atom is 0.131 e. The Bertz CT molecular complexity index is 575. The molecule has 0 amide bonds. The molecular formula is C18H23NO. The van der Waals surface area contributed by atoms with E-state index in [0.717, 1.165) is 18.0 Å². The molecule has 0 aliphatic rings. The van der Waals surface area contributed by atoms with Gasteiger partial charge in [-0.05, 0) is 43.1 Å². The van der Waals surface area contributed by atoms with Gasteiger partial charge in [0.1, 0.15) is 11.5 Å². The minimum atomic E-state index is 0.446. The van der Waals surface area contributed by atoms with Crippen molar-refractivity contribution in [1.82, 2.24) is 5.32 Å². The quantitative estimate of drug-likeness (QED) is 0.854. The van der Waals surface area contributed by atoms with Gasteiger partial charge in [-0.3, -0.25) is 0 Å². The minimum absolute atomic E-state index is 0.446. The number of hydrogen-bond donors (Lipinski definition) is 1. The lowest BCUT2D eigenvalue weighted by atomic mass is 10.0. The zero-order chi connectivity index (χ0) is 14.5. The highest BCUT2D eigenvalue weighted by molar-refractivity contribution is 5.44. The van der Waals surface area contributed by atoms with Crippen LogP contribution in [-0.2, 0) is 6.54 Å². The first kappa shape index (κ1) is 14.6. The van der Waals surface area contributed by atoms with Gasteiger partial charge in [-0.15, -0.1) is 0 Å². The van der Waals surface area contributed by atoms with Crippen molar-refractivity contribution in [2.75, 3.05) is 7.05 Å². The van der Waals surface area contributed by atoms with Gasteiger partial charge in [-0.1, -0.05) is 44.2 Å². The van der Waals surface area contributed by atoms with E-state index in [-0.39, 0.29) is 0 Å². The molecule has 2 rings (SSSR count). The van der Waals surface area contributed by atoms with E-state index in [1.807, 2.05) is 25.2 Å². The summed E-state index contributed by atoms with van der Waals surface area (Å²) in [5.74, 6) is 2.33. The second-order valence-electron chi connectivity index (χ2n) is 5.44. The lowest BCUT2D eigenvalue weighted by molar-refractivity contribution is 0.465. The summed E-state index contributed by atoms with van der Waals surface area (Å²) in [6.07, 6.45) is 0. The molecule has 0 atom stereocenters. The largest absolute Gasteiger partial charge is 0.457 e. The van der Waals surface area contributed by atoms with Gasteiger partial charge in [0, 0.05) is 12.1 Å². The van der Waals surface area contributed by atoms with Gasteiger partial charge < -0.3 is 10.1 Å². The molecule has 0 spiro atoms. The van der Waals surface area contributed by atoms with Gasteiger partial charge in [0.15, 0.2) is 0 Å². The molecule has 0 fully saturated rings. The van der Waals surface area contributed by atoms with E-state index in [4.69, 9.17) is 4.74 Å². The molecule has 0 heterocycles. The minimum Gasteiger partial charge on any atom is -0.457 e. The van der Waals surface area contributed by atoms with Crippen LogP contribution < -0.4 is 10.1 Å². The molecule has 20 heavy (non-hydrogen) atoms.